The first-order valence-corrected chi connectivity index (χ1v) is 8.13. The van der Waals surface area contributed by atoms with Gasteiger partial charge in [0.2, 0.25) is 0 Å². The van der Waals surface area contributed by atoms with Crippen LogP contribution in [0.2, 0.25) is 0 Å². The molecule has 0 heterocycles. The quantitative estimate of drug-likeness (QED) is 0.840. The molecule has 0 fully saturated rings. The maximum atomic E-state index is 12.4. The average Bonchev–Trinajstić information content (AvgIpc) is 2.56. The monoisotopic (exact) mass is 324 g/mol. The van der Waals surface area contributed by atoms with Gasteiger partial charge in [0.1, 0.15) is 5.78 Å². The first-order chi connectivity index (χ1) is 11.5. The molecule has 0 atom stereocenters. The summed E-state index contributed by atoms with van der Waals surface area (Å²) in [5.41, 5.74) is 3.56. The number of nitrogens with zero attached hydrogens (tertiary/aromatic N) is 1. The van der Waals surface area contributed by atoms with Gasteiger partial charge in [0.05, 0.1) is 0 Å². The van der Waals surface area contributed by atoms with Crippen molar-refractivity contribution in [3.05, 3.63) is 59.7 Å². The summed E-state index contributed by atoms with van der Waals surface area (Å²) in [6.07, 6.45) is 2.34. The van der Waals surface area contributed by atoms with Crippen LogP contribution in [0, 0.1) is 0 Å². The van der Waals surface area contributed by atoms with Crippen molar-refractivity contribution in [1.82, 2.24) is 0 Å². The molecule has 0 bridgehead atoms. The van der Waals surface area contributed by atoms with Crippen LogP contribution in [-0.2, 0) is 11.2 Å². The molecule has 0 saturated carbocycles. The molecule has 0 radical (unpaired) electrons. The first kappa shape index (κ1) is 17.7. The number of benzene rings is 2. The van der Waals surface area contributed by atoms with Crippen LogP contribution in [0.5, 0.6) is 0 Å². The minimum atomic E-state index is -0.122. The third-order valence-electron chi connectivity index (χ3n) is 3.83. The predicted octanol–water partition coefficient (Wildman–Crippen LogP) is 3.92. The van der Waals surface area contributed by atoms with Crippen LogP contribution in [0.1, 0.15) is 35.7 Å². The molecule has 24 heavy (non-hydrogen) atoms. The molecule has 0 aliphatic rings. The fraction of sp³-hybridized carbons (Fsp3) is 0.300. The summed E-state index contributed by atoms with van der Waals surface area (Å²) in [6, 6.07) is 15.3. The Hall–Kier alpha value is -2.62. The molecule has 0 aliphatic heterocycles. The van der Waals surface area contributed by atoms with E-state index in [1.807, 2.05) is 61.5 Å². The van der Waals surface area contributed by atoms with E-state index in [0.717, 1.165) is 24.2 Å². The number of carbonyl (C=O) groups excluding carboxylic acids is 2. The number of amides is 1. The Balaban J connectivity index is 1.96. The Labute approximate surface area is 143 Å². The van der Waals surface area contributed by atoms with Gasteiger partial charge in [-0.15, -0.1) is 0 Å². The van der Waals surface area contributed by atoms with Gasteiger partial charge in [-0.2, -0.15) is 0 Å². The van der Waals surface area contributed by atoms with Gasteiger partial charge in [-0.1, -0.05) is 18.2 Å². The van der Waals surface area contributed by atoms with Gasteiger partial charge < -0.3 is 15.0 Å². The van der Waals surface area contributed by atoms with Crippen LogP contribution in [0.25, 0.3) is 0 Å². The van der Waals surface area contributed by atoms with E-state index in [1.54, 1.807) is 13.0 Å². The van der Waals surface area contributed by atoms with Crippen LogP contribution >= 0.6 is 0 Å². The van der Waals surface area contributed by atoms with Gasteiger partial charge in [-0.05, 0) is 55.7 Å². The van der Waals surface area contributed by atoms with E-state index >= 15 is 0 Å². The molecule has 126 valence electrons. The number of Topliss-reactive ketones (excluding diaryl/α,β-unsaturated/α-hetero) is 1. The van der Waals surface area contributed by atoms with E-state index in [4.69, 9.17) is 0 Å². The smallest absolute Gasteiger partial charge is 0.255 e. The van der Waals surface area contributed by atoms with Crippen molar-refractivity contribution in [2.75, 3.05) is 24.3 Å². The normalized spacial score (nSPS) is 10.3. The molecule has 2 aromatic rings. The van der Waals surface area contributed by atoms with Gasteiger partial charge in [-0.3, -0.25) is 4.79 Å². The Bertz CT molecular complexity index is 706. The van der Waals surface area contributed by atoms with Gasteiger partial charge in [0.15, 0.2) is 0 Å². The van der Waals surface area contributed by atoms with Gasteiger partial charge in [0.25, 0.3) is 5.91 Å². The standard InChI is InChI=1S/C20H24N2O2/c1-15(23)6-4-7-16-10-12-18(13-11-16)21-20(24)17-8-5-9-19(14-17)22(2)3/h5,8-14H,4,6-7H2,1-3H3,(H,21,24). The number of anilines is 2. The summed E-state index contributed by atoms with van der Waals surface area (Å²) >= 11 is 0. The molecule has 4 heteroatoms. The van der Waals surface area contributed by atoms with Gasteiger partial charge in [0, 0.05) is 37.5 Å². The Kier molecular flexibility index (Phi) is 6.13. The summed E-state index contributed by atoms with van der Waals surface area (Å²) in [5.74, 6) is 0.0990. The molecule has 0 aromatic heterocycles. The van der Waals surface area contributed by atoms with Crippen molar-refractivity contribution in [2.45, 2.75) is 26.2 Å². The second-order valence-corrected chi connectivity index (χ2v) is 6.15. The van der Waals surface area contributed by atoms with Crippen molar-refractivity contribution < 1.29 is 9.59 Å². The second-order valence-electron chi connectivity index (χ2n) is 6.15. The zero-order valence-electron chi connectivity index (χ0n) is 14.5. The summed E-state index contributed by atoms with van der Waals surface area (Å²) in [4.78, 5) is 25.3. The molecule has 0 spiro atoms. The second kappa shape index (κ2) is 8.29. The highest BCUT2D eigenvalue weighted by Crippen LogP contribution is 2.16. The number of hydrogen-bond acceptors (Lipinski definition) is 3. The largest absolute Gasteiger partial charge is 0.378 e. The highest BCUT2D eigenvalue weighted by Gasteiger charge is 2.07. The number of nitrogens with one attached hydrogen (secondary N) is 1. The topological polar surface area (TPSA) is 49.4 Å². The maximum absolute atomic E-state index is 12.4. The van der Waals surface area contributed by atoms with Crippen LogP contribution in [0.4, 0.5) is 11.4 Å². The van der Waals surface area contributed by atoms with Crippen molar-refractivity contribution in [2.24, 2.45) is 0 Å². The fourth-order valence-electron chi connectivity index (χ4n) is 2.42. The zero-order chi connectivity index (χ0) is 17.5. The van der Waals surface area contributed by atoms with Gasteiger partial charge in [-0.25, -0.2) is 0 Å². The third kappa shape index (κ3) is 5.23. The fourth-order valence-corrected chi connectivity index (χ4v) is 2.42. The van der Waals surface area contributed by atoms with E-state index in [1.165, 1.54) is 5.56 Å². The minimum absolute atomic E-state index is 0.122. The number of ketones is 1. The maximum Gasteiger partial charge on any atom is 0.255 e. The molecular weight excluding hydrogens is 300 g/mol. The molecule has 0 unspecified atom stereocenters. The molecule has 2 rings (SSSR count). The highest BCUT2D eigenvalue weighted by molar-refractivity contribution is 6.04. The SMILES string of the molecule is CC(=O)CCCc1ccc(NC(=O)c2cccc(N(C)C)c2)cc1. The van der Waals surface area contributed by atoms with Gasteiger partial charge >= 0.3 is 0 Å². The van der Waals surface area contributed by atoms with Crippen LogP contribution in [-0.4, -0.2) is 25.8 Å². The number of carbonyl (C=O) groups is 2. The summed E-state index contributed by atoms with van der Waals surface area (Å²) < 4.78 is 0. The lowest BCUT2D eigenvalue weighted by molar-refractivity contribution is -0.117. The molecule has 4 nitrogen and oxygen atoms in total. The van der Waals surface area contributed by atoms with E-state index in [2.05, 4.69) is 5.32 Å². The van der Waals surface area contributed by atoms with E-state index in [0.29, 0.717) is 12.0 Å². The Morgan fingerprint density at radius 3 is 2.38 bits per heavy atom. The van der Waals surface area contributed by atoms with Crippen molar-refractivity contribution in [3.63, 3.8) is 0 Å². The lowest BCUT2D eigenvalue weighted by Crippen LogP contribution is -2.14. The van der Waals surface area contributed by atoms with Crippen LogP contribution < -0.4 is 10.2 Å². The van der Waals surface area contributed by atoms with E-state index in [9.17, 15) is 9.59 Å². The van der Waals surface area contributed by atoms with E-state index in [-0.39, 0.29) is 11.7 Å². The van der Waals surface area contributed by atoms with Crippen molar-refractivity contribution in [1.29, 1.82) is 0 Å². The zero-order valence-corrected chi connectivity index (χ0v) is 14.5. The third-order valence-corrected chi connectivity index (χ3v) is 3.83. The summed E-state index contributed by atoms with van der Waals surface area (Å²) in [5, 5.41) is 2.91. The predicted molar refractivity (Wildman–Crippen MR) is 98.8 cm³/mol. The molecule has 2 aromatic carbocycles. The Morgan fingerprint density at radius 2 is 1.75 bits per heavy atom. The molecule has 1 amide bonds. The molecule has 0 saturated heterocycles. The average molecular weight is 324 g/mol. The first-order valence-electron chi connectivity index (χ1n) is 8.13. The van der Waals surface area contributed by atoms with E-state index < -0.39 is 0 Å². The molecule has 1 N–H and O–H groups in total. The number of aryl methyl sites for hydroxylation is 1. The summed E-state index contributed by atoms with van der Waals surface area (Å²) in [6.45, 7) is 1.62. The highest BCUT2D eigenvalue weighted by atomic mass is 16.1. The number of rotatable bonds is 7. The summed E-state index contributed by atoms with van der Waals surface area (Å²) in [7, 11) is 3.89. The minimum Gasteiger partial charge on any atom is -0.378 e. The van der Waals surface area contributed by atoms with Crippen LogP contribution in [0.15, 0.2) is 48.5 Å². The molecule has 0 aliphatic carbocycles. The lowest BCUT2D eigenvalue weighted by atomic mass is 10.1. The van der Waals surface area contributed by atoms with Crippen molar-refractivity contribution in [3.8, 4) is 0 Å². The van der Waals surface area contributed by atoms with Crippen LogP contribution in [0.3, 0.4) is 0 Å². The number of hydrogen-bond donors (Lipinski definition) is 1. The molecular formula is C20H24N2O2. The van der Waals surface area contributed by atoms with Crippen molar-refractivity contribution >= 4 is 23.1 Å². The lowest BCUT2D eigenvalue weighted by Gasteiger charge is -2.13. The Morgan fingerprint density at radius 1 is 1.04 bits per heavy atom.